The Labute approximate surface area is 167 Å². The summed E-state index contributed by atoms with van der Waals surface area (Å²) in [6.45, 7) is 1.54. The number of hydrogen-bond acceptors (Lipinski definition) is 5. The lowest BCUT2D eigenvalue weighted by Crippen LogP contribution is -2.29. The molecule has 1 heterocycles. The van der Waals surface area contributed by atoms with E-state index in [0.717, 1.165) is 28.1 Å². The molecule has 1 aromatic heterocycles. The highest BCUT2D eigenvalue weighted by atomic mass is 32.1. The van der Waals surface area contributed by atoms with E-state index in [1.807, 2.05) is 47.9 Å². The van der Waals surface area contributed by atoms with Gasteiger partial charge in [0.15, 0.2) is 5.13 Å². The molecule has 0 aliphatic heterocycles. The maximum absolute atomic E-state index is 12.6. The van der Waals surface area contributed by atoms with Crippen molar-refractivity contribution in [3.8, 4) is 11.8 Å². The van der Waals surface area contributed by atoms with Crippen molar-refractivity contribution < 1.29 is 9.53 Å². The minimum absolute atomic E-state index is 0.109. The number of thiazole rings is 1. The molecule has 0 saturated carbocycles. The van der Waals surface area contributed by atoms with Gasteiger partial charge in [0.1, 0.15) is 5.75 Å². The van der Waals surface area contributed by atoms with Crippen LogP contribution in [0.3, 0.4) is 0 Å². The standard InChI is InChI=1S/C22H17N3O2S/c1-14(26)25(22-24-8-9-28-22)20-12-16-7-6-15(13-23)10-19(16)21(20)17-4-3-5-18(11-17)27-2/h3-12,21H,1-2H3/t21-/m0/s1. The second kappa shape index (κ2) is 7.29. The van der Waals surface area contributed by atoms with E-state index in [1.54, 1.807) is 24.3 Å². The number of rotatable bonds is 4. The number of fused-ring (bicyclic) bond motifs is 1. The van der Waals surface area contributed by atoms with Crippen LogP contribution in [0.15, 0.2) is 59.7 Å². The zero-order chi connectivity index (χ0) is 19.7. The van der Waals surface area contributed by atoms with Gasteiger partial charge in [0, 0.05) is 24.2 Å². The predicted octanol–water partition coefficient (Wildman–Crippen LogP) is 4.56. The molecule has 0 spiro atoms. The Morgan fingerprint density at radius 1 is 1.29 bits per heavy atom. The molecule has 1 amide bonds. The van der Waals surface area contributed by atoms with E-state index < -0.39 is 0 Å². The maximum atomic E-state index is 12.6. The first-order chi connectivity index (χ1) is 13.6. The second-order valence-electron chi connectivity index (χ2n) is 6.40. The number of aromatic nitrogens is 1. The number of hydrogen-bond donors (Lipinski definition) is 0. The third kappa shape index (κ3) is 3.06. The fraction of sp³-hybridized carbons (Fsp3) is 0.136. The van der Waals surface area contributed by atoms with Crippen molar-refractivity contribution in [3.63, 3.8) is 0 Å². The number of carbonyl (C=O) groups is 1. The summed E-state index contributed by atoms with van der Waals surface area (Å²) >= 11 is 1.41. The molecule has 138 valence electrons. The average Bonchev–Trinajstić information content (AvgIpc) is 3.35. The molecular formula is C22H17N3O2S. The van der Waals surface area contributed by atoms with Crippen molar-refractivity contribution in [2.75, 3.05) is 12.0 Å². The lowest BCUT2D eigenvalue weighted by atomic mass is 9.89. The van der Waals surface area contributed by atoms with Crippen LogP contribution in [0.25, 0.3) is 6.08 Å². The Morgan fingerprint density at radius 3 is 2.82 bits per heavy atom. The maximum Gasteiger partial charge on any atom is 0.230 e. The van der Waals surface area contributed by atoms with Crippen molar-refractivity contribution >= 4 is 28.5 Å². The topological polar surface area (TPSA) is 66.2 Å². The van der Waals surface area contributed by atoms with Crippen LogP contribution in [-0.2, 0) is 4.79 Å². The summed E-state index contributed by atoms with van der Waals surface area (Å²) in [5, 5.41) is 11.8. The Kier molecular flexibility index (Phi) is 4.68. The number of benzene rings is 2. The molecule has 0 unspecified atom stereocenters. The van der Waals surface area contributed by atoms with Gasteiger partial charge in [0.2, 0.25) is 5.91 Å². The summed E-state index contributed by atoms with van der Waals surface area (Å²) in [6, 6.07) is 15.6. The summed E-state index contributed by atoms with van der Waals surface area (Å²) in [5.41, 5.74) is 4.38. The Balaban J connectivity index is 1.91. The van der Waals surface area contributed by atoms with Crippen molar-refractivity contribution in [3.05, 3.63) is 82.0 Å². The quantitative estimate of drug-likeness (QED) is 0.658. The van der Waals surface area contributed by atoms with Gasteiger partial charge >= 0.3 is 0 Å². The van der Waals surface area contributed by atoms with Gasteiger partial charge in [-0.05, 0) is 47.0 Å². The molecule has 0 radical (unpaired) electrons. The molecule has 1 atom stereocenters. The minimum atomic E-state index is -0.203. The van der Waals surface area contributed by atoms with Crippen molar-refractivity contribution in [2.45, 2.75) is 12.8 Å². The molecule has 0 fully saturated rings. The van der Waals surface area contributed by atoms with Gasteiger partial charge < -0.3 is 4.74 Å². The van der Waals surface area contributed by atoms with Crippen LogP contribution < -0.4 is 9.64 Å². The third-order valence-corrected chi connectivity index (χ3v) is 5.49. The van der Waals surface area contributed by atoms with Crippen LogP contribution in [0.5, 0.6) is 5.75 Å². The van der Waals surface area contributed by atoms with Crippen LogP contribution in [0.1, 0.15) is 35.1 Å². The monoisotopic (exact) mass is 387 g/mol. The van der Waals surface area contributed by atoms with Crippen LogP contribution in [0, 0.1) is 11.3 Å². The minimum Gasteiger partial charge on any atom is -0.497 e. The van der Waals surface area contributed by atoms with Crippen LogP contribution in [0.2, 0.25) is 0 Å². The molecule has 2 aromatic carbocycles. The Bertz CT molecular complexity index is 1110. The number of anilines is 1. The number of carbonyl (C=O) groups excluding carboxylic acids is 1. The van der Waals surface area contributed by atoms with Crippen molar-refractivity contribution in [2.24, 2.45) is 0 Å². The highest BCUT2D eigenvalue weighted by molar-refractivity contribution is 7.13. The first-order valence-corrected chi connectivity index (χ1v) is 9.60. The molecule has 3 aromatic rings. The summed E-state index contributed by atoms with van der Waals surface area (Å²) in [6.07, 6.45) is 3.69. The Morgan fingerprint density at radius 2 is 2.14 bits per heavy atom. The average molecular weight is 387 g/mol. The van der Waals surface area contributed by atoms with Crippen LogP contribution in [-0.4, -0.2) is 18.0 Å². The predicted molar refractivity (Wildman–Crippen MR) is 109 cm³/mol. The van der Waals surface area contributed by atoms with Gasteiger partial charge in [-0.15, -0.1) is 11.3 Å². The third-order valence-electron chi connectivity index (χ3n) is 4.74. The van der Waals surface area contributed by atoms with Gasteiger partial charge in [-0.25, -0.2) is 4.98 Å². The summed E-state index contributed by atoms with van der Waals surface area (Å²) < 4.78 is 5.40. The summed E-state index contributed by atoms with van der Waals surface area (Å²) in [5.74, 6) is 0.430. The van der Waals surface area contributed by atoms with Gasteiger partial charge in [-0.2, -0.15) is 5.26 Å². The highest BCUT2D eigenvalue weighted by Crippen LogP contribution is 2.45. The van der Waals surface area contributed by atoms with Gasteiger partial charge in [-0.1, -0.05) is 18.2 Å². The summed E-state index contributed by atoms with van der Waals surface area (Å²) in [4.78, 5) is 18.6. The fourth-order valence-electron chi connectivity index (χ4n) is 3.55. The van der Waals surface area contributed by atoms with Crippen LogP contribution in [0.4, 0.5) is 5.13 Å². The van der Waals surface area contributed by atoms with E-state index >= 15 is 0 Å². The highest BCUT2D eigenvalue weighted by Gasteiger charge is 2.34. The zero-order valence-electron chi connectivity index (χ0n) is 15.4. The number of allylic oxidation sites excluding steroid dienone is 1. The molecule has 28 heavy (non-hydrogen) atoms. The lowest BCUT2D eigenvalue weighted by molar-refractivity contribution is -0.116. The molecule has 6 heteroatoms. The molecule has 0 saturated heterocycles. The molecule has 1 aliphatic rings. The molecule has 5 nitrogen and oxygen atoms in total. The Hall–Kier alpha value is -3.43. The first kappa shape index (κ1) is 18.0. The lowest BCUT2D eigenvalue weighted by Gasteiger charge is -2.26. The normalized spacial score (nSPS) is 14.8. The molecule has 4 rings (SSSR count). The zero-order valence-corrected chi connectivity index (χ0v) is 16.2. The second-order valence-corrected chi connectivity index (χ2v) is 7.28. The first-order valence-electron chi connectivity index (χ1n) is 8.72. The number of methoxy groups -OCH3 is 1. The van der Waals surface area contributed by atoms with E-state index in [2.05, 4.69) is 11.1 Å². The largest absolute Gasteiger partial charge is 0.497 e. The number of nitriles is 1. The molecule has 1 aliphatic carbocycles. The number of nitrogens with zero attached hydrogens (tertiary/aromatic N) is 3. The number of amides is 1. The van der Waals surface area contributed by atoms with E-state index in [4.69, 9.17) is 4.74 Å². The van der Waals surface area contributed by atoms with E-state index in [-0.39, 0.29) is 11.8 Å². The van der Waals surface area contributed by atoms with Gasteiger partial charge in [0.25, 0.3) is 0 Å². The van der Waals surface area contributed by atoms with Crippen LogP contribution >= 0.6 is 11.3 Å². The van der Waals surface area contributed by atoms with Gasteiger partial charge in [0.05, 0.1) is 24.7 Å². The fourth-order valence-corrected chi connectivity index (χ4v) is 4.25. The molecular weight excluding hydrogens is 370 g/mol. The van der Waals surface area contributed by atoms with E-state index in [9.17, 15) is 10.1 Å². The van der Waals surface area contributed by atoms with Gasteiger partial charge in [-0.3, -0.25) is 9.69 Å². The molecule has 0 N–H and O–H groups in total. The summed E-state index contributed by atoms with van der Waals surface area (Å²) in [7, 11) is 1.63. The smallest absolute Gasteiger partial charge is 0.230 e. The van der Waals surface area contributed by atoms with E-state index in [1.165, 1.54) is 18.3 Å². The molecule has 0 bridgehead atoms. The van der Waals surface area contributed by atoms with Crippen molar-refractivity contribution in [1.82, 2.24) is 4.98 Å². The number of ether oxygens (including phenoxy) is 1. The van der Waals surface area contributed by atoms with Crippen molar-refractivity contribution in [1.29, 1.82) is 5.26 Å². The SMILES string of the molecule is COc1cccc([C@@H]2C(N(C(C)=O)c3nccs3)=Cc3ccc(C#N)cc32)c1. The van der Waals surface area contributed by atoms with E-state index in [0.29, 0.717) is 10.7 Å².